The van der Waals surface area contributed by atoms with Crippen molar-refractivity contribution in [2.45, 2.75) is 50.5 Å². The van der Waals surface area contributed by atoms with Gasteiger partial charge in [-0.15, -0.1) is 0 Å². The Morgan fingerprint density at radius 3 is 2.56 bits per heavy atom. The molecule has 2 aliphatic heterocycles. The summed E-state index contributed by atoms with van der Waals surface area (Å²) in [5, 5.41) is 16.8. The van der Waals surface area contributed by atoms with Gasteiger partial charge in [0.15, 0.2) is 11.4 Å². The number of pyridine rings is 1. The number of aromatic nitrogens is 2. The van der Waals surface area contributed by atoms with Crippen molar-refractivity contribution in [1.82, 2.24) is 19.6 Å². The molecule has 1 saturated heterocycles. The molecular weight excluding hydrogens is 880 g/mol. The van der Waals surface area contributed by atoms with Crippen LogP contribution in [0, 0.1) is 15.5 Å². The van der Waals surface area contributed by atoms with Gasteiger partial charge in [-0.25, -0.2) is 22.5 Å². The summed E-state index contributed by atoms with van der Waals surface area (Å²) in [4.78, 5) is 37.1. The van der Waals surface area contributed by atoms with E-state index in [0.29, 0.717) is 30.9 Å². The minimum absolute atomic E-state index is 0.00169. The van der Waals surface area contributed by atoms with Crippen LogP contribution in [0.4, 0.5) is 17.1 Å². The third-order valence-electron chi connectivity index (χ3n) is 11.8. The van der Waals surface area contributed by atoms with Crippen molar-refractivity contribution in [2.75, 3.05) is 68.6 Å². The maximum atomic E-state index is 14.0. The van der Waals surface area contributed by atoms with Crippen LogP contribution in [0.5, 0.6) is 17.2 Å². The summed E-state index contributed by atoms with van der Waals surface area (Å²) in [6, 6.07) is 18.3. The van der Waals surface area contributed by atoms with Crippen LogP contribution in [0.2, 0.25) is 5.02 Å². The first-order chi connectivity index (χ1) is 30.4. The van der Waals surface area contributed by atoms with E-state index in [9.17, 15) is 27.5 Å². The minimum Gasteiger partial charge on any atom is -0.489 e. The van der Waals surface area contributed by atoms with Crippen molar-refractivity contribution in [3.05, 3.63) is 111 Å². The topological polar surface area (TPSA) is 201 Å². The minimum atomic E-state index is -4.69. The highest BCUT2D eigenvalue weighted by molar-refractivity contribution is 7.92. The molecule has 0 bridgehead atoms. The maximum absolute atomic E-state index is 14.0. The average Bonchev–Trinajstić information content (AvgIpc) is 3.72. The van der Waals surface area contributed by atoms with Gasteiger partial charge in [0, 0.05) is 95.5 Å². The number of aromatic amines is 1. The molecule has 8 rings (SSSR count). The number of H-pyrrole nitrogens is 1. The number of nitro benzene ring substituents is 1. The summed E-state index contributed by atoms with van der Waals surface area (Å²) in [7, 11) is -7.02. The Bertz CT molecular complexity index is 2880. The molecule has 3 N–H and O–H groups in total. The first-order valence-electron chi connectivity index (χ1n) is 21.0. The number of halogens is 1. The zero-order valence-corrected chi connectivity index (χ0v) is 38.4. The van der Waals surface area contributed by atoms with Crippen molar-refractivity contribution in [1.29, 1.82) is 0 Å². The predicted octanol–water partition coefficient (Wildman–Crippen LogP) is 8.11. The number of hydrogen-bond donors (Lipinski definition) is 3. The molecule has 4 heterocycles. The van der Waals surface area contributed by atoms with Gasteiger partial charge in [0.05, 0.1) is 34.2 Å². The van der Waals surface area contributed by atoms with Crippen molar-refractivity contribution in [3.8, 4) is 17.2 Å². The summed E-state index contributed by atoms with van der Waals surface area (Å²) in [5.41, 5.74) is 5.08. The number of sulfonamides is 1. The Kier molecular flexibility index (Phi) is 12.7. The van der Waals surface area contributed by atoms with Crippen molar-refractivity contribution in [3.63, 3.8) is 0 Å². The molecule has 0 unspecified atom stereocenters. The number of piperazine rings is 1. The van der Waals surface area contributed by atoms with Crippen LogP contribution in [-0.4, -0.2) is 103 Å². The normalized spacial score (nSPS) is 17.9. The van der Waals surface area contributed by atoms with E-state index < -0.39 is 47.2 Å². The van der Waals surface area contributed by atoms with Crippen molar-refractivity contribution >= 4 is 70.9 Å². The molecule has 16 nitrogen and oxygen atoms in total. The van der Waals surface area contributed by atoms with Gasteiger partial charge in [-0.05, 0) is 78.6 Å². The molecule has 1 aliphatic carbocycles. The molecule has 1 amide bonds. The standard InChI is InChI=1S/C45H51ClN8O8S2/c1-45(2)14-11-31(38(25-45)29-5-7-32(46)8-6-29)27-52-17-19-53(20-18-52)34-9-10-37(40(22-34)62-35-21-30-12-15-47-43(30)48-26-35)44(55)51-64(59,60)36-23-39(54(56)57)42-41(24-36)61-28-33(50-42)13-16-49-63(3,4)58/h5-10,12,15,21-24,26,33,50H,11,13-14,16-20,25,27-28H2,1-4H3,(H,47,48)(H,51,55)/t33-/m1/s1. The van der Waals surface area contributed by atoms with Crippen molar-refractivity contribution in [2.24, 2.45) is 9.78 Å². The van der Waals surface area contributed by atoms with E-state index in [4.69, 9.17) is 21.1 Å². The lowest BCUT2D eigenvalue weighted by Gasteiger charge is -2.39. The van der Waals surface area contributed by atoms with E-state index >= 15 is 0 Å². The molecule has 3 aromatic carbocycles. The highest BCUT2D eigenvalue weighted by Crippen LogP contribution is 2.44. The molecule has 2 aromatic heterocycles. The molecule has 1 atom stereocenters. The molecule has 0 saturated carbocycles. The molecule has 0 spiro atoms. The molecular formula is C45H51ClN8O8S2. The van der Waals surface area contributed by atoms with Crippen LogP contribution in [0.1, 0.15) is 55.5 Å². The molecule has 3 aliphatic rings. The van der Waals surface area contributed by atoms with Gasteiger partial charge in [-0.2, -0.15) is 0 Å². The molecule has 1 fully saturated rings. The van der Waals surface area contributed by atoms with E-state index in [0.717, 1.165) is 67.1 Å². The summed E-state index contributed by atoms with van der Waals surface area (Å²) in [5.74, 6) is -0.649. The molecule has 64 heavy (non-hydrogen) atoms. The Morgan fingerprint density at radius 1 is 1.06 bits per heavy atom. The number of benzene rings is 3. The summed E-state index contributed by atoms with van der Waals surface area (Å²) >= 11 is 6.24. The third-order valence-corrected chi connectivity index (χ3v) is 14.2. The van der Waals surface area contributed by atoms with Crippen LogP contribution >= 0.6 is 11.6 Å². The summed E-state index contributed by atoms with van der Waals surface area (Å²) in [6.45, 7) is 8.81. The van der Waals surface area contributed by atoms with E-state index in [2.05, 4.69) is 60.1 Å². The smallest absolute Gasteiger partial charge is 0.297 e. The largest absolute Gasteiger partial charge is 0.489 e. The monoisotopic (exact) mass is 930 g/mol. The zero-order valence-electron chi connectivity index (χ0n) is 36.1. The lowest BCUT2D eigenvalue weighted by Crippen LogP contribution is -2.47. The van der Waals surface area contributed by atoms with E-state index in [1.165, 1.54) is 41.5 Å². The van der Waals surface area contributed by atoms with E-state index in [-0.39, 0.29) is 41.3 Å². The van der Waals surface area contributed by atoms with Gasteiger partial charge in [0.1, 0.15) is 23.8 Å². The van der Waals surface area contributed by atoms with E-state index in [1.54, 1.807) is 24.4 Å². The lowest BCUT2D eigenvalue weighted by molar-refractivity contribution is -0.384. The molecule has 0 radical (unpaired) electrons. The SMILES string of the molecule is CC1(C)CCC(CN2CCN(c3ccc(C(=O)NS(=O)(=O)c4cc5c(c([N+](=O)[O-])c4)N[C@H](CCN=S(C)(C)=O)CO5)c(Oc4cnc5[nH]ccc5c4)c3)CC2)=C(c2ccc(Cl)cc2)C1. The van der Waals surface area contributed by atoms with Crippen LogP contribution in [-0.2, 0) is 19.8 Å². The number of allylic oxidation sites excluding steroid dienone is 1. The van der Waals surface area contributed by atoms with Crippen molar-refractivity contribution < 1.29 is 31.8 Å². The number of anilines is 2. The number of fused-ring (bicyclic) bond motifs is 2. The number of amides is 1. The molecule has 5 aromatic rings. The van der Waals surface area contributed by atoms with Crippen LogP contribution in [0.3, 0.4) is 0 Å². The zero-order chi connectivity index (χ0) is 45.4. The van der Waals surface area contributed by atoms with Gasteiger partial charge < -0.3 is 24.7 Å². The first-order valence-corrected chi connectivity index (χ1v) is 25.2. The summed E-state index contributed by atoms with van der Waals surface area (Å²) < 4.78 is 58.0. The maximum Gasteiger partial charge on any atom is 0.297 e. The Balaban J connectivity index is 1.02. The Morgan fingerprint density at radius 2 is 1.83 bits per heavy atom. The molecule has 19 heteroatoms. The lowest BCUT2D eigenvalue weighted by atomic mass is 9.72. The highest BCUT2D eigenvalue weighted by atomic mass is 35.5. The van der Waals surface area contributed by atoms with Gasteiger partial charge in [-0.3, -0.25) is 24.0 Å². The van der Waals surface area contributed by atoms with Crippen LogP contribution < -0.4 is 24.4 Å². The van der Waals surface area contributed by atoms with E-state index in [1.807, 2.05) is 18.2 Å². The third kappa shape index (κ3) is 10.5. The van der Waals surface area contributed by atoms with Crippen LogP contribution in [0.15, 0.2) is 94.0 Å². The number of rotatable bonds is 13. The number of carbonyl (C=O) groups is 1. The summed E-state index contributed by atoms with van der Waals surface area (Å²) in [6.07, 6.45) is 9.82. The fourth-order valence-electron chi connectivity index (χ4n) is 8.37. The number of nitrogens with zero attached hydrogens (tertiary/aromatic N) is 5. The number of nitrogens with one attached hydrogen (secondary N) is 3. The fraction of sp³-hybridized carbons (Fsp3) is 0.378. The second kappa shape index (κ2) is 18.1. The molecule has 338 valence electrons. The number of hydrogen-bond acceptors (Lipinski definition) is 13. The second-order valence-electron chi connectivity index (χ2n) is 17.5. The first kappa shape index (κ1) is 44.9. The fourth-order valence-corrected chi connectivity index (χ4v) is 10.0. The quantitative estimate of drug-likeness (QED) is 0.0758. The Hall–Kier alpha value is -5.69. The van der Waals surface area contributed by atoms with Gasteiger partial charge in [0.25, 0.3) is 21.6 Å². The number of ether oxygens (including phenoxy) is 2. The Labute approximate surface area is 377 Å². The number of nitro groups is 1. The van der Waals surface area contributed by atoms with Gasteiger partial charge in [0.2, 0.25) is 0 Å². The predicted molar refractivity (Wildman–Crippen MR) is 250 cm³/mol. The second-order valence-corrected chi connectivity index (χ2v) is 22.3. The number of carbonyl (C=O) groups excluding carboxylic acids is 1. The average molecular weight is 932 g/mol. The van der Waals surface area contributed by atoms with Gasteiger partial charge in [-0.1, -0.05) is 43.2 Å². The van der Waals surface area contributed by atoms with Crippen LogP contribution in [0.25, 0.3) is 16.6 Å². The highest BCUT2D eigenvalue weighted by Gasteiger charge is 2.33. The van der Waals surface area contributed by atoms with Gasteiger partial charge >= 0.3 is 0 Å².